The number of aryl methyl sites for hydroxylation is 2. The van der Waals surface area contributed by atoms with Gasteiger partial charge >= 0.3 is 0 Å². The van der Waals surface area contributed by atoms with Crippen molar-refractivity contribution in [2.75, 3.05) is 39.5 Å². The van der Waals surface area contributed by atoms with Crippen molar-refractivity contribution >= 4 is 22.1 Å². The predicted molar refractivity (Wildman–Crippen MR) is 113 cm³/mol. The molecule has 2 aliphatic rings. The molecule has 0 amide bonds. The number of hydrogen-bond donors (Lipinski definition) is 0. The molecule has 1 saturated heterocycles. The Hall–Kier alpha value is -1.95. The van der Waals surface area contributed by atoms with E-state index < -0.39 is 0 Å². The number of aromatic nitrogens is 1. The first-order valence-electron chi connectivity index (χ1n) is 10.3. The number of hydrogen-bond acceptors (Lipinski definition) is 4. The molecule has 0 aliphatic carbocycles. The van der Waals surface area contributed by atoms with Crippen molar-refractivity contribution < 1.29 is 14.0 Å². The molecule has 2 aliphatic heterocycles. The van der Waals surface area contributed by atoms with E-state index in [2.05, 4.69) is 51.4 Å². The van der Waals surface area contributed by atoms with Crippen molar-refractivity contribution in [2.45, 2.75) is 25.8 Å². The maximum Gasteiger partial charge on any atom is 0.189 e. The van der Waals surface area contributed by atoms with Gasteiger partial charge in [-0.15, -0.1) is 11.3 Å². The number of morpholine rings is 1. The number of nitrogens with zero attached hydrogens (tertiary/aromatic N) is 2. The summed E-state index contributed by atoms with van der Waals surface area (Å²) >= 11 is 1.81. The van der Waals surface area contributed by atoms with E-state index in [0.717, 1.165) is 64.6 Å². The molecule has 0 spiro atoms. The Morgan fingerprint density at radius 2 is 2.07 bits per heavy atom. The van der Waals surface area contributed by atoms with Gasteiger partial charge in [-0.1, -0.05) is 6.07 Å². The average molecular weight is 396 g/mol. The van der Waals surface area contributed by atoms with Gasteiger partial charge in [0, 0.05) is 42.7 Å². The highest BCUT2D eigenvalue weighted by Crippen LogP contribution is 2.35. The Bertz CT molecular complexity index is 949. The second kappa shape index (κ2) is 8.19. The molecule has 0 radical (unpaired) electrons. The first-order chi connectivity index (χ1) is 13.9. The zero-order valence-corrected chi connectivity index (χ0v) is 17.0. The fourth-order valence-electron chi connectivity index (χ4n) is 4.37. The Balaban J connectivity index is 1.35. The summed E-state index contributed by atoms with van der Waals surface area (Å²) in [4.78, 5) is 3.80. The van der Waals surface area contributed by atoms with E-state index in [-0.39, 0.29) is 0 Å². The van der Waals surface area contributed by atoms with Crippen molar-refractivity contribution in [1.82, 2.24) is 4.90 Å². The normalized spacial score (nSPS) is 17.1. The standard InChI is InChI=1S/C23H27N2O2S/c1-4-22-20-16-18(27-12-3-8-24-10-13-26-14-11-24)6-7-19(20)21(17-25(22)9-1)23-5-2-15-28-23/h2,5-7,15-17H,1,3-4,8-14H2/q+1. The molecule has 0 N–H and O–H groups in total. The highest BCUT2D eigenvalue weighted by Gasteiger charge is 2.25. The van der Waals surface area contributed by atoms with Crippen LogP contribution in [0.4, 0.5) is 0 Å². The van der Waals surface area contributed by atoms with Crippen molar-refractivity contribution in [2.24, 2.45) is 0 Å². The monoisotopic (exact) mass is 395 g/mol. The number of benzene rings is 1. The summed E-state index contributed by atoms with van der Waals surface area (Å²) in [5.74, 6) is 0.993. The lowest BCUT2D eigenvalue weighted by Crippen LogP contribution is -2.37. The van der Waals surface area contributed by atoms with E-state index >= 15 is 0 Å². The fraction of sp³-hybridized carbons (Fsp3) is 0.435. The maximum atomic E-state index is 6.13. The van der Waals surface area contributed by atoms with Crippen LogP contribution < -0.4 is 9.30 Å². The van der Waals surface area contributed by atoms with E-state index in [1.165, 1.54) is 33.3 Å². The number of thiophene rings is 1. The number of rotatable bonds is 6. The van der Waals surface area contributed by atoms with Gasteiger partial charge in [-0.3, -0.25) is 4.90 Å². The quantitative estimate of drug-likeness (QED) is 0.468. The molecular formula is C23H27N2O2S+. The average Bonchev–Trinajstić information content (AvgIpc) is 3.43. The van der Waals surface area contributed by atoms with Crippen LogP contribution in [0.2, 0.25) is 0 Å². The molecule has 28 heavy (non-hydrogen) atoms. The molecule has 0 bridgehead atoms. The highest BCUT2D eigenvalue weighted by atomic mass is 32.1. The van der Waals surface area contributed by atoms with Gasteiger partial charge in [0.1, 0.15) is 12.3 Å². The summed E-state index contributed by atoms with van der Waals surface area (Å²) < 4.78 is 14.0. The molecule has 5 heteroatoms. The Labute approximate surface area is 170 Å². The molecule has 1 fully saturated rings. The molecule has 5 rings (SSSR count). The van der Waals surface area contributed by atoms with Crippen LogP contribution in [-0.4, -0.2) is 44.4 Å². The van der Waals surface area contributed by atoms with Crippen molar-refractivity contribution in [1.29, 1.82) is 0 Å². The van der Waals surface area contributed by atoms with Crippen LogP contribution in [0.1, 0.15) is 18.5 Å². The second-order valence-corrected chi connectivity index (χ2v) is 8.57. The lowest BCUT2D eigenvalue weighted by molar-refractivity contribution is -0.688. The van der Waals surface area contributed by atoms with Gasteiger partial charge in [0.05, 0.1) is 30.8 Å². The van der Waals surface area contributed by atoms with Crippen molar-refractivity contribution in [3.63, 3.8) is 0 Å². The topological polar surface area (TPSA) is 25.6 Å². The van der Waals surface area contributed by atoms with E-state index in [1.54, 1.807) is 0 Å². The maximum absolute atomic E-state index is 6.13. The molecule has 1 aromatic carbocycles. The number of pyridine rings is 1. The second-order valence-electron chi connectivity index (χ2n) is 7.63. The van der Waals surface area contributed by atoms with E-state index in [1.807, 2.05) is 11.3 Å². The number of ether oxygens (including phenoxy) is 2. The fourth-order valence-corrected chi connectivity index (χ4v) is 5.12. The van der Waals surface area contributed by atoms with Crippen LogP contribution in [-0.2, 0) is 17.7 Å². The van der Waals surface area contributed by atoms with Gasteiger partial charge < -0.3 is 9.47 Å². The van der Waals surface area contributed by atoms with Crippen LogP contribution in [0.3, 0.4) is 0 Å². The summed E-state index contributed by atoms with van der Waals surface area (Å²) in [5.41, 5.74) is 2.79. The van der Waals surface area contributed by atoms with E-state index in [4.69, 9.17) is 9.47 Å². The van der Waals surface area contributed by atoms with Gasteiger partial charge in [-0.05, 0) is 36.1 Å². The minimum absolute atomic E-state index is 0.767. The molecule has 4 nitrogen and oxygen atoms in total. The molecular weight excluding hydrogens is 368 g/mol. The molecule has 0 atom stereocenters. The summed E-state index contributed by atoms with van der Waals surface area (Å²) in [6, 6.07) is 11.0. The van der Waals surface area contributed by atoms with Crippen LogP contribution in [0.25, 0.3) is 21.2 Å². The molecule has 3 aromatic rings. The van der Waals surface area contributed by atoms with Gasteiger partial charge in [0.15, 0.2) is 11.9 Å². The minimum atomic E-state index is 0.767. The Morgan fingerprint density at radius 1 is 1.14 bits per heavy atom. The third kappa shape index (κ3) is 3.66. The van der Waals surface area contributed by atoms with Crippen LogP contribution in [0.5, 0.6) is 5.75 Å². The first-order valence-corrected chi connectivity index (χ1v) is 11.2. The lowest BCUT2D eigenvalue weighted by Gasteiger charge is -2.26. The molecule has 146 valence electrons. The summed E-state index contributed by atoms with van der Waals surface area (Å²) in [6.07, 6.45) is 5.79. The van der Waals surface area contributed by atoms with Crippen LogP contribution in [0, 0.1) is 0 Å². The third-order valence-electron chi connectivity index (χ3n) is 5.81. The largest absolute Gasteiger partial charge is 0.494 e. The molecule has 2 aromatic heterocycles. The Morgan fingerprint density at radius 3 is 2.93 bits per heavy atom. The zero-order chi connectivity index (χ0) is 18.8. The van der Waals surface area contributed by atoms with Crippen molar-refractivity contribution in [3.05, 3.63) is 47.6 Å². The van der Waals surface area contributed by atoms with Gasteiger partial charge in [0.25, 0.3) is 0 Å². The van der Waals surface area contributed by atoms with Gasteiger partial charge in [0.2, 0.25) is 0 Å². The molecule has 0 saturated carbocycles. The third-order valence-corrected chi connectivity index (χ3v) is 6.72. The summed E-state index contributed by atoms with van der Waals surface area (Å²) in [6.45, 7) is 6.79. The van der Waals surface area contributed by atoms with Gasteiger partial charge in [-0.25, -0.2) is 4.57 Å². The van der Waals surface area contributed by atoms with Crippen LogP contribution >= 0.6 is 11.3 Å². The summed E-state index contributed by atoms with van der Waals surface area (Å²) in [5, 5.41) is 4.86. The van der Waals surface area contributed by atoms with Gasteiger partial charge in [-0.2, -0.15) is 0 Å². The molecule has 0 unspecified atom stereocenters. The zero-order valence-electron chi connectivity index (χ0n) is 16.2. The van der Waals surface area contributed by atoms with E-state index in [0.29, 0.717) is 0 Å². The van der Waals surface area contributed by atoms with Crippen molar-refractivity contribution in [3.8, 4) is 16.2 Å². The highest BCUT2D eigenvalue weighted by molar-refractivity contribution is 7.13. The minimum Gasteiger partial charge on any atom is -0.494 e. The smallest absolute Gasteiger partial charge is 0.189 e. The SMILES string of the molecule is c1csc(-c2c[n+]3c(c4cc(OCCCN5CCOCC5)ccc24)CCC3)c1. The predicted octanol–water partition coefficient (Wildman–Crippen LogP) is 3.90. The first kappa shape index (κ1) is 18.1. The lowest BCUT2D eigenvalue weighted by atomic mass is 10.0. The summed E-state index contributed by atoms with van der Waals surface area (Å²) in [7, 11) is 0. The van der Waals surface area contributed by atoms with E-state index in [9.17, 15) is 0 Å². The number of fused-ring (bicyclic) bond motifs is 3. The molecule has 4 heterocycles. The van der Waals surface area contributed by atoms with Crippen LogP contribution in [0.15, 0.2) is 41.9 Å². The Kier molecular flexibility index (Phi) is 5.30.